The van der Waals surface area contributed by atoms with Gasteiger partial charge in [0.1, 0.15) is 4.47 Å². The molecule has 0 unspecified atom stereocenters. The van der Waals surface area contributed by atoms with Crippen LogP contribution in [0.2, 0.25) is 0 Å². The molecule has 0 bridgehead atoms. The Balaban J connectivity index is 2.18. The van der Waals surface area contributed by atoms with Gasteiger partial charge in [-0.15, -0.1) is 11.3 Å². The molecule has 0 saturated carbocycles. The highest BCUT2D eigenvalue weighted by atomic mass is 79.9. The van der Waals surface area contributed by atoms with Gasteiger partial charge in [0.25, 0.3) is 5.56 Å². The Hall–Kier alpha value is -0.660. The van der Waals surface area contributed by atoms with E-state index in [2.05, 4.69) is 42.3 Å². The molecular formula is C10H9Br2N3OS. The zero-order valence-electron chi connectivity index (χ0n) is 8.91. The molecule has 0 aliphatic rings. The number of thiophene rings is 1. The number of hydrogen-bond acceptors (Lipinski definition) is 4. The Morgan fingerprint density at radius 3 is 2.94 bits per heavy atom. The highest BCUT2D eigenvalue weighted by Gasteiger charge is 2.07. The molecule has 0 aliphatic heterocycles. The van der Waals surface area contributed by atoms with Crippen LogP contribution < -0.4 is 10.9 Å². The van der Waals surface area contributed by atoms with Crippen molar-refractivity contribution in [3.05, 3.63) is 41.8 Å². The third-order valence-electron chi connectivity index (χ3n) is 2.21. The van der Waals surface area contributed by atoms with Gasteiger partial charge in [-0.3, -0.25) is 4.79 Å². The maximum absolute atomic E-state index is 11.6. The first-order chi connectivity index (χ1) is 8.09. The summed E-state index contributed by atoms with van der Waals surface area (Å²) >= 11 is 8.38. The van der Waals surface area contributed by atoms with E-state index in [0.29, 0.717) is 16.7 Å². The molecule has 0 aromatic carbocycles. The molecule has 0 saturated heterocycles. The third kappa shape index (κ3) is 2.78. The molecule has 7 heteroatoms. The highest BCUT2D eigenvalue weighted by Crippen LogP contribution is 2.24. The summed E-state index contributed by atoms with van der Waals surface area (Å²) in [7, 11) is 1.62. The van der Waals surface area contributed by atoms with Gasteiger partial charge >= 0.3 is 0 Å². The van der Waals surface area contributed by atoms with Crippen molar-refractivity contribution in [1.29, 1.82) is 0 Å². The fraction of sp³-hybridized carbons (Fsp3) is 0.200. The molecule has 2 aromatic heterocycles. The molecule has 4 nitrogen and oxygen atoms in total. The lowest BCUT2D eigenvalue weighted by atomic mass is 10.4. The first-order valence-corrected chi connectivity index (χ1v) is 7.23. The molecule has 0 fully saturated rings. The molecule has 2 heterocycles. The van der Waals surface area contributed by atoms with E-state index in [0.717, 1.165) is 4.47 Å². The molecule has 17 heavy (non-hydrogen) atoms. The average Bonchev–Trinajstić information content (AvgIpc) is 2.71. The van der Waals surface area contributed by atoms with Crippen LogP contribution in [-0.2, 0) is 13.6 Å². The highest BCUT2D eigenvalue weighted by molar-refractivity contribution is 9.11. The maximum atomic E-state index is 11.6. The summed E-state index contributed by atoms with van der Waals surface area (Å²) in [5.41, 5.74) is 0.550. The van der Waals surface area contributed by atoms with E-state index in [4.69, 9.17) is 0 Å². The van der Waals surface area contributed by atoms with Gasteiger partial charge in [0.05, 0.1) is 18.4 Å². The second kappa shape index (κ2) is 5.32. The molecule has 90 valence electrons. The van der Waals surface area contributed by atoms with Gasteiger partial charge < -0.3 is 5.32 Å². The lowest BCUT2D eigenvalue weighted by molar-refractivity contribution is 0.703. The number of aryl methyl sites for hydroxylation is 1. The van der Waals surface area contributed by atoms with E-state index in [1.165, 1.54) is 9.56 Å². The first-order valence-electron chi connectivity index (χ1n) is 4.77. The van der Waals surface area contributed by atoms with Crippen LogP contribution in [0.4, 0.5) is 5.69 Å². The summed E-state index contributed by atoms with van der Waals surface area (Å²) in [5.74, 6) is 0. The van der Waals surface area contributed by atoms with Gasteiger partial charge in [-0.1, -0.05) is 0 Å². The van der Waals surface area contributed by atoms with Crippen molar-refractivity contribution in [1.82, 2.24) is 9.78 Å². The fourth-order valence-electron chi connectivity index (χ4n) is 1.26. The van der Waals surface area contributed by atoms with Crippen LogP contribution in [0.25, 0.3) is 0 Å². The molecule has 1 N–H and O–H groups in total. The molecular weight excluding hydrogens is 370 g/mol. The van der Waals surface area contributed by atoms with Crippen LogP contribution in [0.3, 0.4) is 0 Å². The van der Waals surface area contributed by atoms with E-state index in [9.17, 15) is 4.79 Å². The average molecular weight is 379 g/mol. The van der Waals surface area contributed by atoms with Crippen molar-refractivity contribution in [3.8, 4) is 0 Å². The lowest BCUT2D eigenvalue weighted by Gasteiger charge is -2.07. The zero-order valence-corrected chi connectivity index (χ0v) is 12.9. The first kappa shape index (κ1) is 12.8. The number of nitrogens with one attached hydrogen (secondary N) is 1. The van der Waals surface area contributed by atoms with Crippen LogP contribution in [-0.4, -0.2) is 9.78 Å². The summed E-state index contributed by atoms with van der Waals surface area (Å²) < 4.78 is 2.86. The lowest BCUT2D eigenvalue weighted by Crippen LogP contribution is -2.21. The van der Waals surface area contributed by atoms with Gasteiger partial charge in [-0.05, 0) is 43.3 Å². The fourth-order valence-corrected chi connectivity index (χ4v) is 3.19. The van der Waals surface area contributed by atoms with Crippen LogP contribution in [0.15, 0.2) is 31.4 Å². The Morgan fingerprint density at radius 2 is 2.29 bits per heavy atom. The Labute approximate surface area is 119 Å². The maximum Gasteiger partial charge on any atom is 0.282 e. The summed E-state index contributed by atoms with van der Waals surface area (Å²) in [6.07, 6.45) is 1.63. The number of rotatable bonds is 3. The Morgan fingerprint density at radius 1 is 1.53 bits per heavy atom. The summed E-state index contributed by atoms with van der Waals surface area (Å²) in [5, 5.41) is 9.16. The largest absolute Gasteiger partial charge is 0.378 e. The Kier molecular flexibility index (Phi) is 4.01. The minimum Gasteiger partial charge on any atom is -0.378 e. The minimum atomic E-state index is -0.153. The van der Waals surface area contributed by atoms with Gasteiger partial charge in [-0.25, -0.2) is 4.68 Å². The number of halogens is 2. The predicted octanol–water partition coefficient (Wildman–Crippen LogP) is 2.98. The number of anilines is 1. The number of nitrogens with zero attached hydrogens (tertiary/aromatic N) is 2. The van der Waals surface area contributed by atoms with Gasteiger partial charge in [0.2, 0.25) is 0 Å². The number of aromatic nitrogens is 2. The van der Waals surface area contributed by atoms with Crippen molar-refractivity contribution in [2.75, 3.05) is 5.32 Å². The van der Waals surface area contributed by atoms with Gasteiger partial charge in [0, 0.05) is 16.4 Å². The van der Waals surface area contributed by atoms with Crippen molar-refractivity contribution in [2.45, 2.75) is 6.54 Å². The van der Waals surface area contributed by atoms with Crippen molar-refractivity contribution in [2.24, 2.45) is 7.05 Å². The topological polar surface area (TPSA) is 46.9 Å². The summed E-state index contributed by atoms with van der Waals surface area (Å²) in [6.45, 7) is 0.658. The SMILES string of the molecule is Cn1ncc(NCc2sccc2Br)c(Br)c1=O. The second-order valence-electron chi connectivity index (χ2n) is 3.35. The minimum absolute atomic E-state index is 0.153. The third-order valence-corrected chi connectivity index (χ3v) is 4.90. The van der Waals surface area contributed by atoms with Crippen molar-refractivity contribution in [3.63, 3.8) is 0 Å². The zero-order chi connectivity index (χ0) is 12.4. The van der Waals surface area contributed by atoms with Crippen LogP contribution >= 0.6 is 43.2 Å². The number of hydrogen-bond donors (Lipinski definition) is 1. The van der Waals surface area contributed by atoms with E-state index in [1.54, 1.807) is 24.6 Å². The molecule has 2 rings (SSSR count). The molecule has 0 amide bonds. The second-order valence-corrected chi connectivity index (χ2v) is 5.99. The van der Waals surface area contributed by atoms with E-state index >= 15 is 0 Å². The molecule has 0 spiro atoms. The monoisotopic (exact) mass is 377 g/mol. The molecule has 2 aromatic rings. The molecule has 0 aliphatic carbocycles. The van der Waals surface area contributed by atoms with Gasteiger partial charge in [-0.2, -0.15) is 5.10 Å². The van der Waals surface area contributed by atoms with Crippen molar-refractivity contribution < 1.29 is 0 Å². The summed E-state index contributed by atoms with van der Waals surface area (Å²) in [4.78, 5) is 12.8. The van der Waals surface area contributed by atoms with Crippen LogP contribution in [0.5, 0.6) is 0 Å². The van der Waals surface area contributed by atoms with Crippen LogP contribution in [0, 0.1) is 0 Å². The Bertz CT molecular complexity index is 593. The smallest absolute Gasteiger partial charge is 0.282 e. The summed E-state index contributed by atoms with van der Waals surface area (Å²) in [6, 6.07) is 2.00. The standard InChI is InChI=1S/C10H9Br2N3OS/c1-15-10(16)9(12)7(4-14-15)13-5-8-6(11)2-3-17-8/h2-4,13H,5H2,1H3. The molecule has 0 atom stereocenters. The van der Waals surface area contributed by atoms with Gasteiger partial charge in [0.15, 0.2) is 0 Å². The quantitative estimate of drug-likeness (QED) is 0.892. The van der Waals surface area contributed by atoms with Crippen molar-refractivity contribution >= 4 is 48.9 Å². The normalized spacial score (nSPS) is 10.5. The molecule has 0 radical (unpaired) electrons. The van der Waals surface area contributed by atoms with E-state index in [1.807, 2.05) is 11.4 Å². The van der Waals surface area contributed by atoms with E-state index < -0.39 is 0 Å². The van der Waals surface area contributed by atoms with Crippen LogP contribution in [0.1, 0.15) is 4.88 Å². The van der Waals surface area contributed by atoms with E-state index in [-0.39, 0.29) is 5.56 Å². The predicted molar refractivity (Wildman–Crippen MR) is 76.5 cm³/mol.